The van der Waals surface area contributed by atoms with E-state index in [1.54, 1.807) is 25.3 Å². The van der Waals surface area contributed by atoms with Gasteiger partial charge in [0.25, 0.3) is 0 Å². The number of hydrogen-bond acceptors (Lipinski definition) is 3. The number of halogens is 3. The van der Waals surface area contributed by atoms with Crippen molar-refractivity contribution < 1.29 is 18.3 Å². The highest BCUT2D eigenvalue weighted by Crippen LogP contribution is 2.25. The van der Waals surface area contributed by atoms with Gasteiger partial charge in [-0.05, 0) is 24.6 Å². The van der Waals surface area contributed by atoms with Crippen molar-refractivity contribution in [2.24, 2.45) is 4.99 Å². The lowest BCUT2D eigenvalue weighted by molar-refractivity contribution is -0.0504. The predicted molar refractivity (Wildman–Crippen MR) is 123 cm³/mol. The summed E-state index contributed by atoms with van der Waals surface area (Å²) in [7, 11) is 1.66. The molecule has 2 rings (SSSR count). The molecule has 0 spiro atoms. The molecule has 0 aliphatic heterocycles. The summed E-state index contributed by atoms with van der Waals surface area (Å²) in [6.07, 6.45) is 0. The van der Waals surface area contributed by atoms with Crippen molar-refractivity contribution in [3.05, 3.63) is 59.7 Å². The van der Waals surface area contributed by atoms with Crippen LogP contribution in [0.2, 0.25) is 0 Å². The summed E-state index contributed by atoms with van der Waals surface area (Å²) in [6.45, 7) is 2.75. The number of methoxy groups -OCH3 is 1. The molecular formula is C21H28F2IN3O2. The first-order valence-corrected chi connectivity index (χ1v) is 9.23. The third-order valence-corrected chi connectivity index (χ3v) is 4.19. The SMILES string of the molecule is CCNC(=NCc1ccccc1OC(F)F)NCC(C)c1ccccc1OC.I. The Kier molecular flexibility index (Phi) is 11.3. The molecule has 8 heteroatoms. The molecule has 0 aliphatic rings. The molecule has 2 aromatic carbocycles. The summed E-state index contributed by atoms with van der Waals surface area (Å²) in [5.74, 6) is 1.78. The molecule has 0 bridgehead atoms. The smallest absolute Gasteiger partial charge is 0.387 e. The Labute approximate surface area is 187 Å². The van der Waals surface area contributed by atoms with Crippen LogP contribution in [0.1, 0.15) is 30.9 Å². The van der Waals surface area contributed by atoms with Crippen LogP contribution >= 0.6 is 24.0 Å². The Morgan fingerprint density at radius 2 is 1.69 bits per heavy atom. The number of rotatable bonds is 9. The normalized spacial score (nSPS) is 12.1. The minimum Gasteiger partial charge on any atom is -0.496 e. The maximum atomic E-state index is 12.6. The fourth-order valence-electron chi connectivity index (χ4n) is 2.78. The van der Waals surface area contributed by atoms with Gasteiger partial charge in [0.1, 0.15) is 11.5 Å². The van der Waals surface area contributed by atoms with Crippen molar-refractivity contribution in [1.82, 2.24) is 10.6 Å². The molecule has 160 valence electrons. The first kappa shape index (κ1) is 24.9. The zero-order valence-electron chi connectivity index (χ0n) is 16.8. The van der Waals surface area contributed by atoms with Gasteiger partial charge in [-0.1, -0.05) is 43.3 Å². The molecule has 29 heavy (non-hydrogen) atoms. The molecule has 2 N–H and O–H groups in total. The van der Waals surface area contributed by atoms with Crippen LogP contribution in [0.4, 0.5) is 8.78 Å². The van der Waals surface area contributed by atoms with E-state index in [1.807, 2.05) is 31.2 Å². The second-order valence-corrected chi connectivity index (χ2v) is 6.21. The topological polar surface area (TPSA) is 54.9 Å². The second-order valence-electron chi connectivity index (χ2n) is 6.21. The molecule has 1 atom stereocenters. The van der Waals surface area contributed by atoms with Crippen molar-refractivity contribution in [3.63, 3.8) is 0 Å². The highest BCUT2D eigenvalue weighted by molar-refractivity contribution is 14.0. The molecule has 0 radical (unpaired) electrons. The Morgan fingerprint density at radius 3 is 2.34 bits per heavy atom. The summed E-state index contributed by atoms with van der Waals surface area (Å²) in [4.78, 5) is 4.50. The van der Waals surface area contributed by atoms with Gasteiger partial charge >= 0.3 is 6.61 Å². The van der Waals surface area contributed by atoms with E-state index in [1.165, 1.54) is 6.07 Å². The van der Waals surface area contributed by atoms with Gasteiger partial charge in [0.05, 0.1) is 13.7 Å². The average molecular weight is 519 g/mol. The van der Waals surface area contributed by atoms with Gasteiger partial charge in [0.15, 0.2) is 5.96 Å². The third-order valence-electron chi connectivity index (χ3n) is 4.19. The Bertz CT molecular complexity index is 775. The maximum absolute atomic E-state index is 12.6. The van der Waals surface area contributed by atoms with E-state index in [9.17, 15) is 8.78 Å². The van der Waals surface area contributed by atoms with Crippen molar-refractivity contribution in [3.8, 4) is 11.5 Å². The van der Waals surface area contributed by atoms with Gasteiger partial charge in [0.2, 0.25) is 0 Å². The lowest BCUT2D eigenvalue weighted by Crippen LogP contribution is -2.39. The number of para-hydroxylation sites is 2. The highest BCUT2D eigenvalue weighted by Gasteiger charge is 2.12. The van der Waals surface area contributed by atoms with Gasteiger partial charge in [-0.15, -0.1) is 24.0 Å². The number of nitrogens with zero attached hydrogens (tertiary/aromatic N) is 1. The number of benzene rings is 2. The van der Waals surface area contributed by atoms with E-state index in [0.717, 1.165) is 11.3 Å². The van der Waals surface area contributed by atoms with E-state index in [4.69, 9.17) is 4.74 Å². The van der Waals surface area contributed by atoms with Crippen molar-refractivity contribution in [2.45, 2.75) is 32.9 Å². The number of aliphatic imine (C=N–C) groups is 1. The molecular weight excluding hydrogens is 491 g/mol. The maximum Gasteiger partial charge on any atom is 0.387 e. The zero-order valence-corrected chi connectivity index (χ0v) is 19.2. The number of guanidine groups is 1. The van der Waals surface area contributed by atoms with E-state index < -0.39 is 6.61 Å². The Balaban J connectivity index is 0.00000420. The van der Waals surface area contributed by atoms with Gasteiger partial charge in [0, 0.05) is 24.6 Å². The van der Waals surface area contributed by atoms with Crippen LogP contribution in [0.15, 0.2) is 53.5 Å². The number of alkyl halides is 2. The fourth-order valence-corrected chi connectivity index (χ4v) is 2.78. The highest BCUT2D eigenvalue weighted by atomic mass is 127. The molecule has 0 amide bonds. The quantitative estimate of drug-likeness (QED) is 0.285. The average Bonchev–Trinajstić information content (AvgIpc) is 2.70. The van der Waals surface area contributed by atoms with E-state index in [0.29, 0.717) is 24.6 Å². The molecule has 0 saturated heterocycles. The van der Waals surface area contributed by atoms with Gasteiger partial charge < -0.3 is 20.1 Å². The lowest BCUT2D eigenvalue weighted by atomic mass is 10.0. The minimum absolute atomic E-state index is 0. The predicted octanol–water partition coefficient (Wildman–Crippen LogP) is 4.77. The molecule has 5 nitrogen and oxygen atoms in total. The largest absolute Gasteiger partial charge is 0.496 e. The number of nitrogens with one attached hydrogen (secondary N) is 2. The molecule has 0 saturated carbocycles. The summed E-state index contributed by atoms with van der Waals surface area (Å²) in [5.41, 5.74) is 1.70. The number of hydrogen-bond donors (Lipinski definition) is 2. The van der Waals surface area contributed by atoms with Gasteiger partial charge in [-0.3, -0.25) is 0 Å². The van der Waals surface area contributed by atoms with E-state index in [2.05, 4.69) is 27.3 Å². The monoisotopic (exact) mass is 519 g/mol. The summed E-state index contributed by atoms with van der Waals surface area (Å²) in [5, 5.41) is 6.46. The molecule has 2 aromatic rings. The minimum atomic E-state index is -2.86. The lowest BCUT2D eigenvalue weighted by Gasteiger charge is -2.18. The third kappa shape index (κ3) is 8.04. The van der Waals surface area contributed by atoms with Crippen LogP contribution in [0.3, 0.4) is 0 Å². The van der Waals surface area contributed by atoms with Gasteiger partial charge in [-0.25, -0.2) is 4.99 Å². The molecule has 0 aliphatic carbocycles. The Hall–Kier alpha value is -2.10. The molecule has 0 heterocycles. The number of ether oxygens (including phenoxy) is 2. The van der Waals surface area contributed by atoms with Crippen molar-refractivity contribution >= 4 is 29.9 Å². The molecule has 0 fully saturated rings. The van der Waals surface area contributed by atoms with Crippen molar-refractivity contribution in [1.29, 1.82) is 0 Å². The van der Waals surface area contributed by atoms with Crippen LogP contribution in [0.5, 0.6) is 11.5 Å². The summed E-state index contributed by atoms with van der Waals surface area (Å²) in [6, 6.07) is 14.6. The van der Waals surface area contributed by atoms with E-state index in [-0.39, 0.29) is 42.2 Å². The van der Waals surface area contributed by atoms with Gasteiger partial charge in [-0.2, -0.15) is 8.78 Å². The zero-order chi connectivity index (χ0) is 20.4. The van der Waals surface area contributed by atoms with Crippen molar-refractivity contribution in [2.75, 3.05) is 20.2 Å². The summed E-state index contributed by atoms with van der Waals surface area (Å²) >= 11 is 0. The van der Waals surface area contributed by atoms with Crippen LogP contribution in [-0.2, 0) is 6.54 Å². The standard InChI is InChI=1S/C21H27F2N3O2.HI/c1-4-24-21(25-13-15(2)17-10-6-8-12-19(17)27-3)26-14-16-9-5-7-11-18(16)28-20(22)23;/h5-12,15,20H,4,13-14H2,1-3H3,(H2,24,25,26);1H. The second kappa shape index (κ2) is 13.2. The first-order chi connectivity index (χ1) is 13.5. The van der Waals surface area contributed by atoms with Crippen LogP contribution in [0, 0.1) is 0 Å². The summed E-state index contributed by atoms with van der Waals surface area (Å²) < 4.78 is 35.1. The fraction of sp³-hybridized carbons (Fsp3) is 0.381. The van der Waals surface area contributed by atoms with Crippen LogP contribution < -0.4 is 20.1 Å². The first-order valence-electron chi connectivity index (χ1n) is 9.23. The molecule has 1 unspecified atom stereocenters. The van der Waals surface area contributed by atoms with Crippen LogP contribution in [0.25, 0.3) is 0 Å². The van der Waals surface area contributed by atoms with Crippen LogP contribution in [-0.4, -0.2) is 32.8 Å². The molecule has 0 aromatic heterocycles. The Morgan fingerprint density at radius 1 is 1.03 bits per heavy atom. The van der Waals surface area contributed by atoms with E-state index >= 15 is 0 Å².